The van der Waals surface area contributed by atoms with Crippen molar-refractivity contribution in [3.05, 3.63) is 0 Å². The Morgan fingerprint density at radius 3 is 2.12 bits per heavy atom. The molecule has 0 radical (unpaired) electrons. The molecule has 0 unspecified atom stereocenters. The lowest BCUT2D eigenvalue weighted by Gasteiger charge is -2.32. The number of ether oxygens (including phenoxy) is 1. The van der Waals surface area contributed by atoms with Crippen LogP contribution in [0.25, 0.3) is 0 Å². The van der Waals surface area contributed by atoms with E-state index in [4.69, 9.17) is 20.7 Å². The van der Waals surface area contributed by atoms with E-state index in [-0.39, 0.29) is 12.5 Å². The van der Waals surface area contributed by atoms with E-state index in [0.717, 1.165) is 4.90 Å². The van der Waals surface area contributed by atoms with Gasteiger partial charge in [0.05, 0.1) is 13.0 Å². The number of hydrogen-bond donors (Lipinski definition) is 4. The van der Waals surface area contributed by atoms with E-state index in [9.17, 15) is 19.2 Å². The van der Waals surface area contributed by atoms with E-state index in [1.165, 1.54) is 14.2 Å². The van der Waals surface area contributed by atoms with Crippen molar-refractivity contribution < 1.29 is 34.1 Å². The zero-order valence-corrected chi connectivity index (χ0v) is 14.2. The molecule has 0 aliphatic heterocycles. The van der Waals surface area contributed by atoms with Gasteiger partial charge >= 0.3 is 11.9 Å². The highest BCUT2D eigenvalue weighted by molar-refractivity contribution is 5.92. The molecule has 0 aliphatic carbocycles. The summed E-state index contributed by atoms with van der Waals surface area (Å²) in [4.78, 5) is 47.5. The van der Waals surface area contributed by atoms with E-state index in [1.54, 1.807) is 13.8 Å². The molecule has 24 heavy (non-hydrogen) atoms. The summed E-state index contributed by atoms with van der Waals surface area (Å²) in [5, 5.41) is 19.9. The Morgan fingerprint density at radius 2 is 1.75 bits per heavy atom. The molecule has 10 nitrogen and oxygen atoms in total. The van der Waals surface area contributed by atoms with E-state index in [0.29, 0.717) is 0 Å². The molecule has 0 spiro atoms. The topological polar surface area (TPSA) is 159 Å². The molecule has 0 aliphatic rings. The summed E-state index contributed by atoms with van der Waals surface area (Å²) in [5.74, 6) is -4.50. The molecule has 10 heteroatoms. The van der Waals surface area contributed by atoms with Gasteiger partial charge in [-0.2, -0.15) is 0 Å². The highest BCUT2D eigenvalue weighted by Crippen LogP contribution is 2.12. The lowest BCUT2D eigenvalue weighted by molar-refractivity contribution is -0.149. The largest absolute Gasteiger partial charge is 0.481 e. The van der Waals surface area contributed by atoms with Gasteiger partial charge in [-0.1, -0.05) is 13.8 Å². The number of hydrogen-bond acceptors (Lipinski definition) is 6. The number of carbonyl (C=O) groups excluding carboxylic acids is 2. The average molecular weight is 347 g/mol. The van der Waals surface area contributed by atoms with Crippen molar-refractivity contribution in [1.82, 2.24) is 10.2 Å². The summed E-state index contributed by atoms with van der Waals surface area (Å²) >= 11 is 0. The van der Waals surface area contributed by atoms with Crippen LogP contribution in [-0.2, 0) is 23.9 Å². The molecule has 0 fully saturated rings. The number of nitrogens with zero attached hydrogens (tertiary/aromatic N) is 1. The Morgan fingerprint density at radius 1 is 1.21 bits per heavy atom. The van der Waals surface area contributed by atoms with Crippen molar-refractivity contribution >= 4 is 23.8 Å². The Bertz CT molecular complexity index is 481. The van der Waals surface area contributed by atoms with Crippen LogP contribution in [-0.4, -0.2) is 77.8 Å². The molecule has 0 aromatic carbocycles. The quantitative estimate of drug-likeness (QED) is 0.371. The van der Waals surface area contributed by atoms with Crippen molar-refractivity contribution in [3.8, 4) is 0 Å². The predicted molar refractivity (Wildman–Crippen MR) is 83.1 cm³/mol. The van der Waals surface area contributed by atoms with E-state index in [1.807, 2.05) is 0 Å². The Balaban J connectivity index is 5.22. The lowest BCUT2D eigenvalue weighted by atomic mass is 10.0. The third kappa shape index (κ3) is 6.50. The van der Waals surface area contributed by atoms with Crippen LogP contribution in [0.3, 0.4) is 0 Å². The van der Waals surface area contributed by atoms with Gasteiger partial charge in [0.1, 0.15) is 18.1 Å². The van der Waals surface area contributed by atoms with E-state index < -0.39 is 48.3 Å². The van der Waals surface area contributed by atoms with Crippen LogP contribution in [0.5, 0.6) is 0 Å². The second-order valence-corrected chi connectivity index (χ2v) is 5.70. The minimum Gasteiger partial charge on any atom is -0.481 e. The fourth-order valence-corrected chi connectivity index (χ4v) is 2.21. The van der Waals surface area contributed by atoms with Crippen molar-refractivity contribution in [2.75, 3.05) is 20.8 Å². The summed E-state index contributed by atoms with van der Waals surface area (Å²) in [5.41, 5.74) is 5.66. The van der Waals surface area contributed by atoms with Gasteiger partial charge in [0.25, 0.3) is 0 Å². The minimum atomic E-state index is -1.59. The van der Waals surface area contributed by atoms with Crippen molar-refractivity contribution in [2.45, 2.75) is 38.4 Å². The molecule has 0 saturated carbocycles. The number of nitrogens with two attached hydrogens (primary N) is 1. The maximum absolute atomic E-state index is 12.4. The molecule has 0 bridgehead atoms. The molecule has 0 rings (SSSR count). The Kier molecular flexibility index (Phi) is 8.93. The first-order chi connectivity index (χ1) is 11.0. The summed E-state index contributed by atoms with van der Waals surface area (Å²) in [7, 11) is 2.75. The van der Waals surface area contributed by atoms with Crippen LogP contribution >= 0.6 is 0 Å². The van der Waals surface area contributed by atoms with Crippen LogP contribution in [0.4, 0.5) is 0 Å². The second kappa shape index (κ2) is 9.83. The number of methoxy groups -OCH3 is 1. The third-order valence-corrected chi connectivity index (χ3v) is 3.32. The summed E-state index contributed by atoms with van der Waals surface area (Å²) in [6.07, 6.45) is -0.771. The monoisotopic (exact) mass is 347 g/mol. The number of aliphatic carboxylic acids is 2. The number of carbonyl (C=O) groups is 4. The normalized spacial score (nSPS) is 14.6. The van der Waals surface area contributed by atoms with Crippen molar-refractivity contribution in [2.24, 2.45) is 11.7 Å². The van der Waals surface area contributed by atoms with Gasteiger partial charge in [0, 0.05) is 14.2 Å². The number of rotatable bonds is 10. The van der Waals surface area contributed by atoms with Crippen LogP contribution in [0.15, 0.2) is 0 Å². The molecule has 5 N–H and O–H groups in total. The van der Waals surface area contributed by atoms with Gasteiger partial charge in [0.15, 0.2) is 0 Å². The standard InChI is InChI=1S/C14H25N3O7/c1-7(2)11(17(3)13(21)8(15)6-24-4)12(20)16-9(14(22)23)5-10(18)19/h7-9,11H,5-6,15H2,1-4H3,(H,16,20)(H,18,19)(H,22,23)/t8-,9-,11-/m0/s1. The SMILES string of the molecule is COC[C@H](N)C(=O)N(C)[C@H](C(=O)N[C@@H](CC(=O)O)C(=O)O)C(C)C. The molecule has 138 valence electrons. The van der Waals surface area contributed by atoms with E-state index >= 15 is 0 Å². The predicted octanol–water partition coefficient (Wildman–Crippen LogP) is -1.51. The smallest absolute Gasteiger partial charge is 0.326 e. The minimum absolute atomic E-state index is 0.0353. The van der Waals surface area contributed by atoms with Gasteiger partial charge in [0.2, 0.25) is 11.8 Å². The molecular weight excluding hydrogens is 322 g/mol. The fraction of sp³-hybridized carbons (Fsp3) is 0.714. The Labute approximate surface area is 139 Å². The number of nitrogens with one attached hydrogen (secondary N) is 1. The summed E-state index contributed by atoms with van der Waals surface area (Å²) < 4.78 is 4.80. The lowest BCUT2D eigenvalue weighted by Crippen LogP contribution is -2.57. The Hall–Kier alpha value is -2.20. The zero-order valence-electron chi connectivity index (χ0n) is 14.2. The van der Waals surface area contributed by atoms with Gasteiger partial charge in [-0.15, -0.1) is 0 Å². The maximum atomic E-state index is 12.4. The van der Waals surface area contributed by atoms with Crippen molar-refractivity contribution in [3.63, 3.8) is 0 Å². The highest BCUT2D eigenvalue weighted by atomic mass is 16.5. The number of amides is 2. The first-order valence-electron chi connectivity index (χ1n) is 7.29. The first kappa shape index (κ1) is 21.8. The number of carboxylic acid groups (broad SMARTS) is 2. The van der Waals surface area contributed by atoms with Crippen LogP contribution in [0.1, 0.15) is 20.3 Å². The molecular formula is C14H25N3O7. The van der Waals surface area contributed by atoms with Crippen LogP contribution < -0.4 is 11.1 Å². The summed E-state index contributed by atoms with van der Waals surface area (Å²) in [6.45, 7) is 3.30. The number of carboxylic acids is 2. The van der Waals surface area contributed by atoms with E-state index in [2.05, 4.69) is 5.32 Å². The van der Waals surface area contributed by atoms with Gasteiger partial charge in [-0.25, -0.2) is 4.79 Å². The molecule has 0 saturated heterocycles. The van der Waals surface area contributed by atoms with Crippen LogP contribution in [0, 0.1) is 5.92 Å². The van der Waals surface area contributed by atoms with Crippen LogP contribution in [0.2, 0.25) is 0 Å². The second-order valence-electron chi connectivity index (χ2n) is 5.70. The average Bonchev–Trinajstić information content (AvgIpc) is 2.44. The molecule has 0 heterocycles. The molecule has 3 atom stereocenters. The van der Waals surface area contributed by atoms with Crippen molar-refractivity contribution in [1.29, 1.82) is 0 Å². The van der Waals surface area contributed by atoms with Gasteiger partial charge in [-0.05, 0) is 5.92 Å². The summed E-state index contributed by atoms with van der Waals surface area (Å²) in [6, 6.07) is -3.56. The fourth-order valence-electron chi connectivity index (χ4n) is 2.21. The molecule has 2 amide bonds. The highest BCUT2D eigenvalue weighted by Gasteiger charge is 2.34. The molecule has 0 aromatic heterocycles. The van der Waals surface area contributed by atoms with Gasteiger partial charge in [-0.3, -0.25) is 14.4 Å². The third-order valence-electron chi connectivity index (χ3n) is 3.32. The van der Waals surface area contributed by atoms with Gasteiger partial charge < -0.3 is 30.9 Å². The molecule has 0 aromatic rings. The first-order valence-corrected chi connectivity index (χ1v) is 7.29. The zero-order chi connectivity index (χ0) is 19.0. The number of likely N-dealkylation sites (N-methyl/N-ethyl adjacent to an activating group) is 1. The maximum Gasteiger partial charge on any atom is 0.326 e.